The number of methoxy groups -OCH3 is 2. The van der Waals surface area contributed by atoms with Crippen LogP contribution >= 0.6 is 0 Å². The van der Waals surface area contributed by atoms with Gasteiger partial charge in [-0.05, 0) is 79.0 Å². The topological polar surface area (TPSA) is 306 Å². The van der Waals surface area contributed by atoms with E-state index in [1.807, 2.05) is 41.5 Å². The van der Waals surface area contributed by atoms with Crippen molar-refractivity contribution >= 4 is 53.1 Å². The smallest absolute Gasteiger partial charge is 0.410 e. The maximum absolute atomic E-state index is 14.9. The standard InChI is InChI=1S/C63H100N10O12/c1-16-18-28-48(74)53(56(76)44-24-20-19-21-25-44)70-58(77)41(10)57(84-15)47-27-23-34-73(47)50(75)35-49(83-14)55(40(9)17-2)71(12)61(80)52(38(5)6)67-42(11)54(39(7)8)72(13)63(82)85-36-43-29-31-45(32-30-43)68-59(78)46(26-22-33-66-62(65)81)69-60(79)51(64)37(3)4/h16,19-21,24-25,29-32,37-41,46-47,49,51-57,67,76H,1,11,17-18,22-23,26-28,33-36,64H2,2-10,12-15H3,(H,68,78)(H,69,79)(H,70,77)(H3,65,66,81)/t40-,41+,46-,47-,49+,51-,52-,53+,54-,55-,56-,57+/m0/s1. The molecule has 0 unspecified atom stereocenters. The van der Waals surface area contributed by atoms with Crippen LogP contribution in [-0.4, -0.2) is 163 Å². The van der Waals surface area contributed by atoms with Crippen molar-refractivity contribution in [3.05, 3.63) is 90.7 Å². The van der Waals surface area contributed by atoms with Crippen LogP contribution in [0.25, 0.3) is 0 Å². The third kappa shape index (κ3) is 21.2. The Morgan fingerprint density at radius 1 is 0.824 bits per heavy atom. The second kappa shape index (κ2) is 35.5. The van der Waals surface area contributed by atoms with Gasteiger partial charge in [-0.15, -0.1) is 6.58 Å². The SMILES string of the molecule is C=CCCC(=O)[C@@H](NC(=O)[C@H](C)[C@@H](OC)[C@@H]1CCCN1C(=O)C[C@@H](OC)[C@H]([C@@H](C)CC)N(C)C(=O)[C@@H](NC(=C)[C@H](C(C)C)N(C)C(=O)OCc1ccc(NC(=O)[C@H](CCCNC(N)=O)NC(=O)[C@@H](N)C(C)C)cc1)C(C)C)[C@@H](O)c1ccccc1. The summed E-state index contributed by atoms with van der Waals surface area (Å²) in [5.74, 6) is -3.91. The van der Waals surface area contributed by atoms with E-state index in [9.17, 15) is 43.5 Å². The zero-order valence-corrected chi connectivity index (χ0v) is 52.6. The first-order valence-electron chi connectivity index (χ1n) is 29.8. The molecule has 1 saturated heterocycles. The lowest BCUT2D eigenvalue weighted by Gasteiger charge is -2.41. The summed E-state index contributed by atoms with van der Waals surface area (Å²) in [6.45, 7) is 25.5. The second-order valence-electron chi connectivity index (χ2n) is 23.4. The molecule has 3 rings (SSSR count). The summed E-state index contributed by atoms with van der Waals surface area (Å²) in [5, 5.41) is 25.5. The van der Waals surface area contributed by atoms with E-state index in [-0.39, 0.29) is 73.7 Å². The molecular formula is C63H100N10O12. The van der Waals surface area contributed by atoms with Crippen LogP contribution in [0.2, 0.25) is 0 Å². The molecule has 8 amide bonds. The van der Waals surface area contributed by atoms with Crippen molar-refractivity contribution in [2.24, 2.45) is 41.1 Å². The number of Topliss-reactive ketones (excluding diaryl/α,β-unsaturated/α-hetero) is 1. The molecule has 0 spiro atoms. The van der Waals surface area contributed by atoms with E-state index in [4.69, 9.17) is 25.7 Å². The number of primary amides is 1. The number of aliphatic hydroxyl groups is 1. The first-order chi connectivity index (χ1) is 40.1. The molecule has 0 aliphatic carbocycles. The van der Waals surface area contributed by atoms with E-state index in [1.165, 1.54) is 19.1 Å². The minimum absolute atomic E-state index is 0.0726. The minimum atomic E-state index is -1.30. The summed E-state index contributed by atoms with van der Waals surface area (Å²) in [7, 11) is 6.32. The Morgan fingerprint density at radius 3 is 2.02 bits per heavy atom. The van der Waals surface area contributed by atoms with E-state index >= 15 is 0 Å². The van der Waals surface area contributed by atoms with Crippen molar-refractivity contribution < 1.29 is 57.7 Å². The summed E-state index contributed by atoms with van der Waals surface area (Å²) in [6.07, 6.45) is 0.928. The van der Waals surface area contributed by atoms with Gasteiger partial charge in [-0.3, -0.25) is 28.8 Å². The summed E-state index contributed by atoms with van der Waals surface area (Å²) < 4.78 is 17.9. The predicted octanol–water partition coefficient (Wildman–Crippen LogP) is 5.94. The molecule has 1 aliphatic rings. The van der Waals surface area contributed by atoms with Gasteiger partial charge in [-0.1, -0.05) is 124 Å². The number of ketones is 1. The number of urea groups is 1. The van der Waals surface area contributed by atoms with Crippen molar-refractivity contribution in [2.75, 3.05) is 46.7 Å². The Balaban J connectivity index is 1.74. The second-order valence-corrected chi connectivity index (χ2v) is 23.4. The Hall–Kier alpha value is -6.88. The molecule has 10 N–H and O–H groups in total. The van der Waals surface area contributed by atoms with Crippen LogP contribution in [0.3, 0.4) is 0 Å². The number of nitrogens with zero attached hydrogens (tertiary/aromatic N) is 3. The minimum Gasteiger partial charge on any atom is -0.445 e. The normalized spacial score (nSPS) is 17.2. The largest absolute Gasteiger partial charge is 0.445 e. The van der Waals surface area contributed by atoms with Gasteiger partial charge < -0.3 is 72.1 Å². The Labute approximate surface area is 504 Å². The molecule has 22 heteroatoms. The fourth-order valence-electron chi connectivity index (χ4n) is 10.9. The lowest BCUT2D eigenvalue weighted by molar-refractivity contribution is -0.147. The molecule has 1 aliphatic heterocycles. The van der Waals surface area contributed by atoms with Crippen molar-refractivity contribution in [1.82, 2.24) is 36.0 Å². The van der Waals surface area contributed by atoms with Gasteiger partial charge in [0.05, 0.1) is 48.7 Å². The third-order valence-corrected chi connectivity index (χ3v) is 16.1. The van der Waals surface area contributed by atoms with Crippen LogP contribution in [0.15, 0.2) is 79.5 Å². The number of nitrogens with one attached hydrogen (secondary N) is 5. The van der Waals surface area contributed by atoms with Crippen LogP contribution in [0.1, 0.15) is 131 Å². The molecule has 22 nitrogen and oxygen atoms in total. The summed E-state index contributed by atoms with van der Waals surface area (Å²) in [5.41, 5.74) is 13.1. The van der Waals surface area contributed by atoms with E-state index in [0.29, 0.717) is 61.2 Å². The van der Waals surface area contributed by atoms with Crippen molar-refractivity contribution in [3.8, 4) is 0 Å². The predicted molar refractivity (Wildman–Crippen MR) is 328 cm³/mol. The summed E-state index contributed by atoms with van der Waals surface area (Å²) in [4.78, 5) is 113. The number of amides is 8. The third-order valence-electron chi connectivity index (χ3n) is 16.1. The molecule has 0 saturated carbocycles. The molecule has 0 bridgehead atoms. The average molecular weight is 1190 g/mol. The van der Waals surface area contributed by atoms with E-state index in [0.717, 1.165) is 0 Å². The summed E-state index contributed by atoms with van der Waals surface area (Å²) in [6, 6.07) is 9.10. The van der Waals surface area contributed by atoms with Gasteiger partial charge in [-0.25, -0.2) is 9.59 Å². The number of anilines is 1. The van der Waals surface area contributed by atoms with Gasteiger partial charge in [0, 0.05) is 59.2 Å². The molecule has 85 heavy (non-hydrogen) atoms. The number of hydrogen-bond donors (Lipinski definition) is 8. The van der Waals surface area contributed by atoms with Crippen molar-refractivity contribution in [3.63, 3.8) is 0 Å². The first kappa shape index (κ1) is 72.4. The van der Waals surface area contributed by atoms with Crippen LogP contribution in [0, 0.1) is 29.6 Å². The number of likely N-dealkylation sites (tertiary alicyclic amines) is 1. The average Bonchev–Trinajstić information content (AvgIpc) is 3.36. The van der Waals surface area contributed by atoms with Gasteiger partial charge in [0.15, 0.2) is 5.78 Å². The lowest BCUT2D eigenvalue weighted by Crippen LogP contribution is -2.58. The molecule has 2 aromatic rings. The fourth-order valence-corrected chi connectivity index (χ4v) is 10.9. The monoisotopic (exact) mass is 1190 g/mol. The number of allylic oxidation sites excluding steroid dienone is 1. The van der Waals surface area contributed by atoms with E-state index < -0.39 is 96.4 Å². The zero-order valence-electron chi connectivity index (χ0n) is 52.6. The lowest BCUT2D eigenvalue weighted by atomic mass is 9.89. The number of likely N-dealkylation sites (N-methyl/N-ethyl adjacent to an activating group) is 2. The quantitative estimate of drug-likeness (QED) is 0.0290. The number of carbonyl (C=O) groups is 8. The van der Waals surface area contributed by atoms with Crippen molar-refractivity contribution in [1.29, 1.82) is 0 Å². The van der Waals surface area contributed by atoms with E-state index in [1.54, 1.807) is 105 Å². The maximum atomic E-state index is 14.9. The summed E-state index contributed by atoms with van der Waals surface area (Å²) >= 11 is 0. The number of carbonyl (C=O) groups excluding carboxylic acids is 8. The zero-order chi connectivity index (χ0) is 63.8. The highest BCUT2D eigenvalue weighted by Gasteiger charge is 2.44. The number of ether oxygens (including phenoxy) is 3. The molecule has 0 aromatic heterocycles. The fraction of sp³-hybridized carbons (Fsp3) is 0.619. The number of benzene rings is 2. The van der Waals surface area contributed by atoms with Gasteiger partial charge in [0.2, 0.25) is 29.5 Å². The van der Waals surface area contributed by atoms with Crippen LogP contribution in [0.4, 0.5) is 15.3 Å². The van der Waals surface area contributed by atoms with Crippen LogP contribution in [-0.2, 0) is 49.6 Å². The number of aliphatic hydroxyl groups excluding tert-OH is 1. The molecule has 474 valence electrons. The highest BCUT2D eigenvalue weighted by Crippen LogP contribution is 2.31. The number of nitrogens with two attached hydrogens (primary N) is 2. The van der Waals surface area contributed by atoms with Crippen LogP contribution in [0.5, 0.6) is 0 Å². The number of rotatable bonds is 36. The Morgan fingerprint density at radius 2 is 1.47 bits per heavy atom. The number of hydrogen-bond acceptors (Lipinski definition) is 14. The Kier molecular flexibility index (Phi) is 30.3. The van der Waals surface area contributed by atoms with Crippen LogP contribution < -0.4 is 38.1 Å². The maximum Gasteiger partial charge on any atom is 0.410 e. The van der Waals surface area contributed by atoms with Gasteiger partial charge >= 0.3 is 12.1 Å². The van der Waals surface area contributed by atoms with Gasteiger partial charge in [0.25, 0.3) is 0 Å². The molecule has 0 radical (unpaired) electrons. The highest BCUT2D eigenvalue weighted by atomic mass is 16.6. The molecule has 12 atom stereocenters. The molecule has 2 aromatic carbocycles. The van der Waals surface area contributed by atoms with Crippen molar-refractivity contribution in [2.45, 2.75) is 181 Å². The van der Waals surface area contributed by atoms with Gasteiger partial charge in [-0.2, -0.15) is 0 Å². The van der Waals surface area contributed by atoms with E-state index in [2.05, 4.69) is 39.7 Å². The first-order valence-corrected chi connectivity index (χ1v) is 29.8. The highest BCUT2D eigenvalue weighted by molar-refractivity contribution is 5.98. The molecular weight excluding hydrogens is 1090 g/mol. The Bertz CT molecular complexity index is 2510. The molecule has 1 heterocycles. The van der Waals surface area contributed by atoms with Gasteiger partial charge in [0.1, 0.15) is 30.8 Å². The molecule has 1 fully saturated rings.